The van der Waals surface area contributed by atoms with E-state index in [-0.39, 0.29) is 0 Å². The van der Waals surface area contributed by atoms with Gasteiger partial charge in [-0.2, -0.15) is 0 Å². The molecule has 0 heterocycles. The number of rotatable bonds is 7. The Morgan fingerprint density at radius 3 is 2.39 bits per heavy atom. The van der Waals surface area contributed by atoms with Crippen molar-refractivity contribution < 1.29 is 19.1 Å². The molecule has 1 aromatic carbocycles. The molecule has 2 N–H and O–H groups in total. The van der Waals surface area contributed by atoms with Crippen LogP contribution in [0.25, 0.3) is 0 Å². The molecular formula is C13H21O4P. The van der Waals surface area contributed by atoms with Gasteiger partial charge in [-0.05, 0) is 30.0 Å². The van der Waals surface area contributed by atoms with Crippen molar-refractivity contribution in [3.05, 3.63) is 29.3 Å². The first-order valence-electron chi connectivity index (χ1n) is 6.25. The molecule has 5 heteroatoms. The smallest absolute Gasteiger partial charge is 0.362 e. The average Bonchev–Trinajstić information content (AvgIpc) is 2.28. The maximum Gasteiger partial charge on any atom is 0.362 e. The minimum atomic E-state index is -4.12. The summed E-state index contributed by atoms with van der Waals surface area (Å²) in [5, 5.41) is 0. The van der Waals surface area contributed by atoms with Crippen molar-refractivity contribution in [3.63, 3.8) is 0 Å². The molecule has 1 rings (SSSR count). The van der Waals surface area contributed by atoms with E-state index in [1.165, 1.54) is 5.56 Å². The van der Waals surface area contributed by atoms with Crippen molar-refractivity contribution in [2.45, 2.75) is 39.5 Å². The quantitative estimate of drug-likeness (QED) is 0.748. The maximum absolute atomic E-state index is 10.8. The number of benzene rings is 1. The van der Waals surface area contributed by atoms with Gasteiger partial charge in [-0.3, -0.25) is 4.57 Å². The molecule has 0 amide bonds. The van der Waals surface area contributed by atoms with Crippen LogP contribution in [0, 0.1) is 0 Å². The summed E-state index contributed by atoms with van der Waals surface area (Å²) in [7, 11) is -4.12. The van der Waals surface area contributed by atoms with Gasteiger partial charge in [-0.25, -0.2) is 0 Å². The van der Waals surface area contributed by atoms with Crippen molar-refractivity contribution in [2.75, 3.05) is 6.35 Å². The van der Waals surface area contributed by atoms with Gasteiger partial charge >= 0.3 is 7.60 Å². The third kappa shape index (κ3) is 5.21. The fourth-order valence-electron chi connectivity index (χ4n) is 1.84. The molecule has 1 aromatic rings. The molecule has 4 nitrogen and oxygen atoms in total. The van der Waals surface area contributed by atoms with Gasteiger partial charge in [-0.15, -0.1) is 0 Å². The number of hydrogen-bond donors (Lipinski definition) is 2. The molecule has 0 saturated heterocycles. The Morgan fingerprint density at radius 1 is 1.17 bits per heavy atom. The summed E-state index contributed by atoms with van der Waals surface area (Å²) in [6, 6.07) is 5.84. The standard InChI is InChI=1S/C13H21O4P/c1-3-5-11-7-8-13(12(9-11)6-4-2)17-10-18(14,15)16/h7-9H,3-6,10H2,1-2H3,(H2,14,15,16). The lowest BCUT2D eigenvalue weighted by Gasteiger charge is -2.13. The predicted molar refractivity (Wildman–Crippen MR) is 72.0 cm³/mol. The normalized spacial score (nSPS) is 11.6. The van der Waals surface area contributed by atoms with Crippen LogP contribution < -0.4 is 4.74 Å². The molecule has 0 saturated carbocycles. The molecule has 0 atom stereocenters. The number of hydrogen-bond acceptors (Lipinski definition) is 2. The topological polar surface area (TPSA) is 66.8 Å². The highest BCUT2D eigenvalue weighted by atomic mass is 31.2. The Bertz CT molecular complexity index is 425. The van der Waals surface area contributed by atoms with Crippen LogP contribution in [-0.4, -0.2) is 16.1 Å². The average molecular weight is 272 g/mol. The van der Waals surface area contributed by atoms with Crippen molar-refractivity contribution in [1.29, 1.82) is 0 Å². The second kappa shape index (κ2) is 6.93. The molecule has 0 fully saturated rings. The van der Waals surface area contributed by atoms with Crippen LogP contribution in [0.4, 0.5) is 0 Å². The number of aryl methyl sites for hydroxylation is 2. The van der Waals surface area contributed by atoms with Crippen LogP contribution in [0.1, 0.15) is 37.8 Å². The Labute approximate surface area is 108 Å². The third-order valence-electron chi connectivity index (χ3n) is 2.57. The second-order valence-electron chi connectivity index (χ2n) is 4.38. The largest absolute Gasteiger partial charge is 0.481 e. The van der Waals surface area contributed by atoms with Gasteiger partial charge in [-0.1, -0.05) is 38.8 Å². The van der Waals surface area contributed by atoms with Gasteiger partial charge in [0.15, 0.2) is 6.35 Å². The zero-order chi connectivity index (χ0) is 13.6. The molecule has 0 spiro atoms. The van der Waals surface area contributed by atoms with E-state index in [1.807, 2.05) is 12.1 Å². The van der Waals surface area contributed by atoms with Crippen LogP contribution in [0.15, 0.2) is 18.2 Å². The highest BCUT2D eigenvalue weighted by Crippen LogP contribution is 2.35. The van der Waals surface area contributed by atoms with E-state index < -0.39 is 13.9 Å². The van der Waals surface area contributed by atoms with E-state index in [9.17, 15) is 4.57 Å². The van der Waals surface area contributed by atoms with Crippen LogP contribution in [-0.2, 0) is 17.4 Å². The van der Waals surface area contributed by atoms with E-state index >= 15 is 0 Å². The first-order chi connectivity index (χ1) is 8.46. The summed E-state index contributed by atoms with van der Waals surface area (Å²) in [5.74, 6) is 0.583. The summed E-state index contributed by atoms with van der Waals surface area (Å²) in [6.45, 7) is 4.19. The van der Waals surface area contributed by atoms with Crippen LogP contribution in [0.2, 0.25) is 0 Å². The lowest BCUT2D eigenvalue weighted by molar-refractivity contribution is 0.299. The van der Waals surface area contributed by atoms with Crippen LogP contribution in [0.3, 0.4) is 0 Å². The molecule has 0 unspecified atom stereocenters. The second-order valence-corrected chi connectivity index (χ2v) is 5.97. The van der Waals surface area contributed by atoms with Crippen molar-refractivity contribution in [2.24, 2.45) is 0 Å². The molecule has 0 aliphatic rings. The SMILES string of the molecule is CCCc1ccc(OCP(=O)(O)O)c(CCC)c1. The molecular weight excluding hydrogens is 251 g/mol. The Balaban J connectivity index is 2.85. The minimum absolute atomic E-state index is 0.559. The van der Waals surface area contributed by atoms with Gasteiger partial charge in [0.05, 0.1) is 0 Å². The van der Waals surface area contributed by atoms with E-state index in [2.05, 4.69) is 19.9 Å². The molecule has 0 aliphatic carbocycles. The highest BCUT2D eigenvalue weighted by molar-refractivity contribution is 7.51. The fraction of sp³-hybridized carbons (Fsp3) is 0.538. The zero-order valence-electron chi connectivity index (χ0n) is 10.9. The summed E-state index contributed by atoms with van der Waals surface area (Å²) in [5.41, 5.74) is 2.27. The lowest BCUT2D eigenvalue weighted by atomic mass is 10.0. The first-order valence-corrected chi connectivity index (χ1v) is 8.05. The molecule has 0 aliphatic heterocycles. The predicted octanol–water partition coefficient (Wildman–Crippen LogP) is 3.11. The van der Waals surface area contributed by atoms with Gasteiger partial charge in [0, 0.05) is 0 Å². The van der Waals surface area contributed by atoms with Crippen LogP contribution >= 0.6 is 7.60 Å². The summed E-state index contributed by atoms with van der Waals surface area (Å²) >= 11 is 0. The molecule has 18 heavy (non-hydrogen) atoms. The molecule has 0 aromatic heterocycles. The monoisotopic (exact) mass is 272 g/mol. The van der Waals surface area contributed by atoms with Crippen LogP contribution in [0.5, 0.6) is 5.75 Å². The zero-order valence-corrected chi connectivity index (χ0v) is 11.8. The van der Waals surface area contributed by atoms with Crippen molar-refractivity contribution in [3.8, 4) is 5.75 Å². The Hall–Kier alpha value is -0.830. The lowest BCUT2D eigenvalue weighted by Crippen LogP contribution is -2.01. The van der Waals surface area contributed by atoms with E-state index in [1.54, 1.807) is 0 Å². The summed E-state index contributed by atoms with van der Waals surface area (Å²) in [4.78, 5) is 17.6. The third-order valence-corrected chi connectivity index (χ3v) is 3.04. The Morgan fingerprint density at radius 2 is 1.83 bits per heavy atom. The van der Waals surface area contributed by atoms with Gasteiger partial charge in [0.25, 0.3) is 0 Å². The van der Waals surface area contributed by atoms with Gasteiger partial charge < -0.3 is 14.5 Å². The fourth-order valence-corrected chi connectivity index (χ4v) is 2.14. The Kier molecular flexibility index (Phi) is 5.86. The molecule has 0 radical (unpaired) electrons. The first kappa shape index (κ1) is 15.2. The molecule has 0 bridgehead atoms. The highest BCUT2D eigenvalue weighted by Gasteiger charge is 2.15. The van der Waals surface area contributed by atoms with E-state index in [4.69, 9.17) is 14.5 Å². The van der Waals surface area contributed by atoms with Gasteiger partial charge in [0.1, 0.15) is 5.75 Å². The minimum Gasteiger partial charge on any atom is -0.481 e. The summed E-state index contributed by atoms with van der Waals surface area (Å²) in [6.07, 6.45) is 3.36. The van der Waals surface area contributed by atoms with E-state index in [0.717, 1.165) is 31.2 Å². The maximum atomic E-state index is 10.8. The van der Waals surface area contributed by atoms with Crippen molar-refractivity contribution in [1.82, 2.24) is 0 Å². The van der Waals surface area contributed by atoms with Gasteiger partial charge in [0.2, 0.25) is 0 Å². The number of ether oxygens (including phenoxy) is 1. The summed E-state index contributed by atoms with van der Waals surface area (Å²) < 4.78 is 16.0. The van der Waals surface area contributed by atoms with Crippen molar-refractivity contribution >= 4 is 7.60 Å². The molecule has 102 valence electrons. The van der Waals surface area contributed by atoms with E-state index in [0.29, 0.717) is 5.75 Å².